The van der Waals surface area contributed by atoms with E-state index >= 15 is 0 Å². The molecule has 11 nitrogen and oxygen atoms in total. The van der Waals surface area contributed by atoms with Crippen molar-refractivity contribution in [3.8, 4) is 0 Å². The van der Waals surface area contributed by atoms with Crippen molar-refractivity contribution >= 4 is 25.6 Å². The number of phosphoric ester groups is 1. The highest BCUT2D eigenvalue weighted by molar-refractivity contribution is 7.46. The summed E-state index contributed by atoms with van der Waals surface area (Å²) in [6.07, 6.45) is 0.531. The molecule has 1 rings (SSSR count). The molecule has 0 aliphatic carbocycles. The van der Waals surface area contributed by atoms with Crippen LogP contribution in [0.5, 0.6) is 0 Å². The normalized spacial score (nSPS) is 11.1. The molecule has 0 bridgehead atoms. The summed E-state index contributed by atoms with van der Waals surface area (Å²) in [5.74, 6) is 0.0727. The van der Waals surface area contributed by atoms with Gasteiger partial charge >= 0.3 is 13.9 Å². The number of pyridine rings is 1. The molecule has 25 heavy (non-hydrogen) atoms. The molecule has 0 atom stereocenters. The molecule has 0 saturated carbocycles. The molecule has 3 N–H and O–H groups in total. The van der Waals surface area contributed by atoms with Crippen LogP contribution < -0.4 is 4.90 Å². The number of aliphatic hydroxyl groups excluding tert-OH is 1. The average Bonchev–Trinajstić information content (AvgIpc) is 2.52. The third kappa shape index (κ3) is 7.16. The van der Waals surface area contributed by atoms with Gasteiger partial charge in [-0.2, -0.15) is 0 Å². The van der Waals surface area contributed by atoms with Crippen LogP contribution in [0.25, 0.3) is 0 Å². The van der Waals surface area contributed by atoms with Gasteiger partial charge in [-0.25, -0.2) is 18.9 Å². The molecule has 140 valence electrons. The third-order valence-corrected chi connectivity index (χ3v) is 3.49. The first kappa shape index (κ1) is 21.0. The highest BCUT2D eigenvalue weighted by Crippen LogP contribution is 2.35. The van der Waals surface area contributed by atoms with Crippen molar-refractivity contribution in [3.05, 3.63) is 23.9 Å². The fourth-order valence-corrected chi connectivity index (χ4v) is 1.99. The van der Waals surface area contributed by atoms with Gasteiger partial charge in [0.05, 0.1) is 13.2 Å². The van der Waals surface area contributed by atoms with E-state index in [1.165, 1.54) is 25.1 Å². The smallest absolute Gasteiger partial charge is 0.422 e. The SMILES string of the molecule is CC(=O)N(C)c1ncccc1CN(CCO)C(=O)OCOP(=O)(O)O. The average molecular weight is 377 g/mol. The molecule has 0 aromatic carbocycles. The van der Waals surface area contributed by atoms with Crippen molar-refractivity contribution < 1.29 is 38.3 Å². The lowest BCUT2D eigenvalue weighted by atomic mass is 10.2. The number of hydrogen-bond donors (Lipinski definition) is 3. The summed E-state index contributed by atoms with van der Waals surface area (Å²) in [5.41, 5.74) is 0.515. The van der Waals surface area contributed by atoms with Crippen molar-refractivity contribution in [2.24, 2.45) is 0 Å². The molecule has 0 saturated heterocycles. The Kier molecular flexibility index (Phi) is 7.94. The molecule has 2 amide bonds. The molecule has 0 unspecified atom stereocenters. The molecule has 12 heteroatoms. The van der Waals surface area contributed by atoms with Crippen LogP contribution in [0.3, 0.4) is 0 Å². The number of anilines is 1. The molecule has 0 fully saturated rings. The van der Waals surface area contributed by atoms with Crippen LogP contribution in [-0.4, -0.2) is 63.8 Å². The quantitative estimate of drug-likeness (QED) is 0.422. The Bertz CT molecular complexity index is 650. The standard InChI is InChI=1S/C13H20N3O8P/c1-10(18)15(2)12-11(4-3-5-14-12)8-16(6-7-17)13(19)23-9-24-25(20,21)22/h3-5,17H,6-9H2,1-2H3,(H2,20,21,22). The number of carbonyl (C=O) groups excluding carboxylic acids is 2. The molecule has 1 heterocycles. The molecule has 0 radical (unpaired) electrons. The zero-order chi connectivity index (χ0) is 19.0. The summed E-state index contributed by atoms with van der Waals surface area (Å²) >= 11 is 0. The van der Waals surface area contributed by atoms with Gasteiger partial charge in [0.25, 0.3) is 0 Å². The van der Waals surface area contributed by atoms with Crippen LogP contribution in [0.15, 0.2) is 18.3 Å². The Hall–Kier alpha value is -2.04. The summed E-state index contributed by atoms with van der Waals surface area (Å²) in [5, 5.41) is 9.10. The van der Waals surface area contributed by atoms with Crippen LogP contribution in [-0.2, 0) is 25.2 Å². The van der Waals surface area contributed by atoms with E-state index in [1.54, 1.807) is 12.1 Å². The number of carbonyl (C=O) groups is 2. The van der Waals surface area contributed by atoms with Gasteiger partial charge < -0.3 is 24.5 Å². The van der Waals surface area contributed by atoms with Gasteiger partial charge in [0.15, 0.2) is 0 Å². The Balaban J connectivity index is 2.86. The molecular weight excluding hydrogens is 357 g/mol. The summed E-state index contributed by atoms with van der Waals surface area (Å²) < 4.78 is 19.2. The van der Waals surface area contributed by atoms with Gasteiger partial charge in [-0.3, -0.25) is 9.69 Å². The Morgan fingerprint density at radius 1 is 1.36 bits per heavy atom. The molecule has 0 aliphatic heterocycles. The number of ether oxygens (including phenoxy) is 1. The maximum atomic E-state index is 12.0. The van der Waals surface area contributed by atoms with Crippen molar-refractivity contribution in [1.29, 1.82) is 0 Å². The van der Waals surface area contributed by atoms with E-state index in [0.29, 0.717) is 11.4 Å². The van der Waals surface area contributed by atoms with E-state index in [-0.39, 0.29) is 25.6 Å². The predicted molar refractivity (Wildman–Crippen MR) is 85.3 cm³/mol. The molecule has 1 aromatic rings. The number of hydrogen-bond acceptors (Lipinski definition) is 7. The summed E-state index contributed by atoms with van der Waals surface area (Å²) in [7, 11) is -3.24. The van der Waals surface area contributed by atoms with Gasteiger partial charge in [-0.1, -0.05) is 6.07 Å². The predicted octanol–water partition coefficient (Wildman–Crippen LogP) is 0.0620. The van der Waals surface area contributed by atoms with Crippen LogP contribution in [0.1, 0.15) is 12.5 Å². The first-order chi connectivity index (χ1) is 11.7. The highest BCUT2D eigenvalue weighted by atomic mass is 31.2. The maximum Gasteiger partial charge on any atom is 0.472 e. The fraction of sp³-hybridized carbons (Fsp3) is 0.462. The van der Waals surface area contributed by atoms with Crippen molar-refractivity contribution in [3.63, 3.8) is 0 Å². The third-order valence-electron chi connectivity index (χ3n) is 3.05. The Morgan fingerprint density at radius 2 is 2.04 bits per heavy atom. The van der Waals surface area contributed by atoms with Gasteiger partial charge in [0.1, 0.15) is 5.82 Å². The monoisotopic (exact) mass is 377 g/mol. The van der Waals surface area contributed by atoms with Gasteiger partial charge in [-0.05, 0) is 6.07 Å². The van der Waals surface area contributed by atoms with Gasteiger partial charge in [0, 0.05) is 32.3 Å². The second kappa shape index (κ2) is 9.44. The number of rotatable bonds is 8. The minimum absolute atomic E-state index is 0.0455. The lowest BCUT2D eigenvalue weighted by Crippen LogP contribution is -2.35. The van der Waals surface area contributed by atoms with Crippen molar-refractivity contribution in [2.75, 3.05) is 31.9 Å². The van der Waals surface area contributed by atoms with E-state index in [0.717, 1.165) is 4.90 Å². The lowest BCUT2D eigenvalue weighted by molar-refractivity contribution is -0.116. The second-order valence-electron chi connectivity index (χ2n) is 4.86. The molecule has 0 spiro atoms. The number of aliphatic hydroxyl groups is 1. The molecular formula is C13H20N3O8P. The zero-order valence-corrected chi connectivity index (χ0v) is 14.6. The van der Waals surface area contributed by atoms with E-state index < -0.39 is 20.7 Å². The van der Waals surface area contributed by atoms with Crippen molar-refractivity contribution in [1.82, 2.24) is 9.88 Å². The minimum atomic E-state index is -4.77. The van der Waals surface area contributed by atoms with Crippen molar-refractivity contribution in [2.45, 2.75) is 13.5 Å². The summed E-state index contributed by atoms with van der Waals surface area (Å²) in [4.78, 5) is 47.1. The fourth-order valence-electron chi connectivity index (χ4n) is 1.80. The molecule has 0 aliphatic rings. The first-order valence-electron chi connectivity index (χ1n) is 7.06. The van der Waals surface area contributed by atoms with E-state index in [1.807, 2.05) is 0 Å². The molecule has 1 aromatic heterocycles. The highest BCUT2D eigenvalue weighted by Gasteiger charge is 2.21. The second-order valence-corrected chi connectivity index (χ2v) is 6.10. The van der Waals surface area contributed by atoms with E-state index in [4.69, 9.17) is 14.9 Å². The lowest BCUT2D eigenvalue weighted by Gasteiger charge is -2.24. The summed E-state index contributed by atoms with van der Waals surface area (Å²) in [6.45, 7) is -0.106. The first-order valence-corrected chi connectivity index (χ1v) is 8.59. The van der Waals surface area contributed by atoms with E-state index in [2.05, 4.69) is 14.2 Å². The summed E-state index contributed by atoms with van der Waals surface area (Å²) in [6, 6.07) is 3.26. The number of phosphoric acid groups is 1. The zero-order valence-electron chi connectivity index (χ0n) is 13.7. The number of amides is 2. The van der Waals surface area contributed by atoms with Gasteiger partial charge in [0.2, 0.25) is 12.7 Å². The number of nitrogens with zero attached hydrogens (tertiary/aromatic N) is 3. The van der Waals surface area contributed by atoms with Crippen LogP contribution in [0, 0.1) is 0 Å². The van der Waals surface area contributed by atoms with Gasteiger partial charge in [-0.15, -0.1) is 0 Å². The number of aromatic nitrogens is 1. The minimum Gasteiger partial charge on any atom is -0.422 e. The van der Waals surface area contributed by atoms with E-state index in [9.17, 15) is 14.2 Å². The van der Waals surface area contributed by atoms with Crippen LogP contribution in [0.4, 0.5) is 10.6 Å². The Morgan fingerprint density at radius 3 is 2.60 bits per heavy atom. The van der Waals surface area contributed by atoms with Crippen LogP contribution >= 0.6 is 7.82 Å². The largest absolute Gasteiger partial charge is 0.472 e. The Labute approximate surface area is 144 Å². The maximum absolute atomic E-state index is 12.0. The topological polar surface area (TPSA) is 150 Å². The van der Waals surface area contributed by atoms with Crippen LogP contribution in [0.2, 0.25) is 0 Å².